The van der Waals surface area contributed by atoms with Gasteiger partial charge in [-0.1, -0.05) is 0 Å². The van der Waals surface area contributed by atoms with Crippen LogP contribution in [0.15, 0.2) is 42.5 Å². The van der Waals surface area contributed by atoms with Crippen molar-refractivity contribution in [2.24, 2.45) is 0 Å². The molecular formula is C14H14N4O. The summed E-state index contributed by atoms with van der Waals surface area (Å²) in [7, 11) is 1.64. The van der Waals surface area contributed by atoms with Gasteiger partial charge in [0.1, 0.15) is 5.75 Å². The summed E-state index contributed by atoms with van der Waals surface area (Å²) in [5.74, 6) is 1.49. The molecule has 0 saturated heterocycles. The quantitative estimate of drug-likeness (QED) is 0.628. The van der Waals surface area contributed by atoms with E-state index in [0.717, 1.165) is 28.2 Å². The molecule has 0 atom stereocenters. The number of aromatic nitrogens is 2. The van der Waals surface area contributed by atoms with Crippen molar-refractivity contribution in [1.29, 1.82) is 0 Å². The summed E-state index contributed by atoms with van der Waals surface area (Å²) < 4.78 is 5.18. The van der Waals surface area contributed by atoms with Crippen LogP contribution in [-0.2, 0) is 0 Å². The van der Waals surface area contributed by atoms with Gasteiger partial charge in [-0.15, -0.1) is 0 Å². The van der Waals surface area contributed by atoms with E-state index in [-0.39, 0.29) is 0 Å². The van der Waals surface area contributed by atoms with Crippen molar-refractivity contribution in [2.45, 2.75) is 0 Å². The Kier molecular flexibility index (Phi) is 2.72. The van der Waals surface area contributed by atoms with Crippen molar-refractivity contribution in [3.05, 3.63) is 42.5 Å². The summed E-state index contributed by atoms with van der Waals surface area (Å²) in [4.78, 5) is 7.65. The third-order valence-electron chi connectivity index (χ3n) is 2.86. The lowest BCUT2D eigenvalue weighted by Gasteiger charge is -2.02. The Morgan fingerprint density at radius 3 is 2.68 bits per heavy atom. The molecule has 0 radical (unpaired) electrons. The number of benzene rings is 2. The third-order valence-corrected chi connectivity index (χ3v) is 2.86. The van der Waals surface area contributed by atoms with Gasteiger partial charge in [-0.05, 0) is 36.4 Å². The summed E-state index contributed by atoms with van der Waals surface area (Å²) in [5.41, 5.74) is 9.13. The molecule has 3 aromatic rings. The minimum absolute atomic E-state index is 0.688. The molecule has 0 bridgehead atoms. The highest BCUT2D eigenvalue weighted by Gasteiger charge is 2.04. The molecule has 0 spiro atoms. The first-order valence-electron chi connectivity index (χ1n) is 5.91. The van der Waals surface area contributed by atoms with E-state index in [1.54, 1.807) is 7.11 Å². The van der Waals surface area contributed by atoms with Gasteiger partial charge in [0.05, 0.1) is 18.1 Å². The van der Waals surface area contributed by atoms with Crippen LogP contribution in [0.25, 0.3) is 11.0 Å². The third kappa shape index (κ3) is 2.30. The Labute approximate surface area is 110 Å². The lowest BCUT2D eigenvalue weighted by Crippen LogP contribution is -1.92. The molecule has 0 fully saturated rings. The molecular weight excluding hydrogens is 240 g/mol. The number of imidazole rings is 1. The van der Waals surface area contributed by atoms with Crippen LogP contribution in [0.5, 0.6) is 5.75 Å². The zero-order chi connectivity index (χ0) is 13.2. The van der Waals surface area contributed by atoms with Crippen molar-refractivity contribution < 1.29 is 4.74 Å². The maximum absolute atomic E-state index is 5.65. The molecule has 1 heterocycles. The molecule has 96 valence electrons. The first-order chi connectivity index (χ1) is 9.24. The summed E-state index contributed by atoms with van der Waals surface area (Å²) in [5, 5.41) is 3.19. The van der Waals surface area contributed by atoms with Gasteiger partial charge < -0.3 is 20.8 Å². The molecule has 1 aromatic heterocycles. The van der Waals surface area contributed by atoms with Crippen molar-refractivity contribution in [2.75, 3.05) is 18.2 Å². The number of hydrogen-bond acceptors (Lipinski definition) is 4. The van der Waals surface area contributed by atoms with Gasteiger partial charge in [-0.2, -0.15) is 0 Å². The van der Waals surface area contributed by atoms with Gasteiger partial charge in [0.25, 0.3) is 0 Å². The fourth-order valence-electron chi connectivity index (χ4n) is 1.88. The van der Waals surface area contributed by atoms with E-state index in [4.69, 9.17) is 10.5 Å². The van der Waals surface area contributed by atoms with Gasteiger partial charge in [0.15, 0.2) is 0 Å². The van der Waals surface area contributed by atoms with E-state index >= 15 is 0 Å². The summed E-state index contributed by atoms with van der Waals surface area (Å²) in [6, 6.07) is 13.2. The summed E-state index contributed by atoms with van der Waals surface area (Å²) in [6.45, 7) is 0. The van der Waals surface area contributed by atoms with E-state index < -0.39 is 0 Å². The predicted molar refractivity (Wildman–Crippen MR) is 76.8 cm³/mol. The van der Waals surface area contributed by atoms with Gasteiger partial charge in [0, 0.05) is 17.4 Å². The van der Waals surface area contributed by atoms with Gasteiger partial charge >= 0.3 is 0 Å². The van der Waals surface area contributed by atoms with E-state index in [1.165, 1.54) is 0 Å². The van der Waals surface area contributed by atoms with Crippen molar-refractivity contribution in [1.82, 2.24) is 9.97 Å². The average Bonchev–Trinajstić information content (AvgIpc) is 2.82. The molecule has 0 unspecified atom stereocenters. The SMILES string of the molecule is COc1ccc2nc(Nc3ccc(N)cc3)[nH]c2c1. The number of H-pyrrole nitrogens is 1. The monoisotopic (exact) mass is 254 g/mol. The number of nitrogens with two attached hydrogens (primary N) is 1. The molecule has 0 aliphatic heterocycles. The number of methoxy groups -OCH3 is 1. The lowest BCUT2D eigenvalue weighted by molar-refractivity contribution is 0.415. The standard InChI is InChI=1S/C14H14N4O/c1-19-11-6-7-12-13(8-11)18-14(17-12)16-10-4-2-9(15)3-5-10/h2-8H,15H2,1H3,(H2,16,17,18). The number of fused-ring (bicyclic) bond motifs is 1. The van der Waals surface area contributed by atoms with E-state index in [1.807, 2.05) is 42.5 Å². The fourth-order valence-corrected chi connectivity index (χ4v) is 1.88. The smallest absolute Gasteiger partial charge is 0.205 e. The van der Waals surface area contributed by atoms with Crippen molar-refractivity contribution in [3.63, 3.8) is 0 Å². The van der Waals surface area contributed by atoms with E-state index in [9.17, 15) is 0 Å². The Morgan fingerprint density at radius 2 is 1.95 bits per heavy atom. The zero-order valence-corrected chi connectivity index (χ0v) is 10.5. The maximum atomic E-state index is 5.65. The second-order valence-corrected chi connectivity index (χ2v) is 4.22. The number of hydrogen-bond donors (Lipinski definition) is 3. The highest BCUT2D eigenvalue weighted by molar-refractivity contribution is 5.80. The molecule has 0 aliphatic carbocycles. The summed E-state index contributed by atoms with van der Waals surface area (Å²) in [6.07, 6.45) is 0. The van der Waals surface area contributed by atoms with Crippen molar-refractivity contribution in [3.8, 4) is 5.75 Å². The Hall–Kier alpha value is -2.69. The molecule has 19 heavy (non-hydrogen) atoms. The number of rotatable bonds is 3. The molecule has 5 heteroatoms. The molecule has 0 amide bonds. The van der Waals surface area contributed by atoms with Crippen LogP contribution in [0.4, 0.5) is 17.3 Å². The van der Waals surface area contributed by atoms with Crippen LogP contribution < -0.4 is 15.8 Å². The van der Waals surface area contributed by atoms with E-state index in [0.29, 0.717) is 5.95 Å². The minimum atomic E-state index is 0.688. The van der Waals surface area contributed by atoms with Crippen LogP contribution in [-0.4, -0.2) is 17.1 Å². The predicted octanol–water partition coefficient (Wildman–Crippen LogP) is 2.90. The first-order valence-corrected chi connectivity index (χ1v) is 5.91. The topological polar surface area (TPSA) is 76.0 Å². The molecule has 5 nitrogen and oxygen atoms in total. The second-order valence-electron chi connectivity index (χ2n) is 4.22. The first kappa shape index (κ1) is 11.4. The van der Waals surface area contributed by atoms with Crippen molar-refractivity contribution >= 4 is 28.4 Å². The van der Waals surface area contributed by atoms with Crippen LogP contribution in [0, 0.1) is 0 Å². The van der Waals surface area contributed by atoms with Gasteiger partial charge in [0.2, 0.25) is 5.95 Å². The number of nitrogen functional groups attached to an aromatic ring is 1. The lowest BCUT2D eigenvalue weighted by atomic mass is 10.3. The molecule has 2 aromatic carbocycles. The highest BCUT2D eigenvalue weighted by atomic mass is 16.5. The fraction of sp³-hybridized carbons (Fsp3) is 0.0714. The minimum Gasteiger partial charge on any atom is -0.497 e. The largest absolute Gasteiger partial charge is 0.497 e. The summed E-state index contributed by atoms with van der Waals surface area (Å²) >= 11 is 0. The number of anilines is 3. The Morgan fingerprint density at radius 1 is 1.16 bits per heavy atom. The van der Waals surface area contributed by atoms with Crippen LogP contribution in [0.3, 0.4) is 0 Å². The number of aromatic amines is 1. The second kappa shape index (κ2) is 4.53. The van der Waals surface area contributed by atoms with Gasteiger partial charge in [-0.3, -0.25) is 0 Å². The number of ether oxygens (including phenoxy) is 1. The van der Waals surface area contributed by atoms with Crippen LogP contribution in [0.2, 0.25) is 0 Å². The average molecular weight is 254 g/mol. The van der Waals surface area contributed by atoms with Crippen LogP contribution >= 0.6 is 0 Å². The van der Waals surface area contributed by atoms with Gasteiger partial charge in [-0.25, -0.2) is 4.98 Å². The number of nitrogens with zero attached hydrogens (tertiary/aromatic N) is 1. The molecule has 0 saturated carbocycles. The maximum Gasteiger partial charge on any atom is 0.205 e. The molecule has 0 aliphatic rings. The normalized spacial score (nSPS) is 10.6. The molecule has 3 rings (SSSR count). The Balaban J connectivity index is 1.90. The Bertz CT molecular complexity index is 703. The van der Waals surface area contributed by atoms with E-state index in [2.05, 4.69) is 15.3 Å². The van der Waals surface area contributed by atoms with Crippen LogP contribution in [0.1, 0.15) is 0 Å². The number of nitrogens with one attached hydrogen (secondary N) is 2. The zero-order valence-electron chi connectivity index (χ0n) is 10.5. The molecule has 4 N–H and O–H groups in total. The highest BCUT2D eigenvalue weighted by Crippen LogP contribution is 2.22.